The Kier molecular flexibility index (Phi) is 2.11. The van der Waals surface area contributed by atoms with Gasteiger partial charge in [-0.3, -0.25) is 0 Å². The number of hydrogen-bond acceptors (Lipinski definition) is 2. The highest BCUT2D eigenvalue weighted by Crippen LogP contribution is 2.28. The molecule has 0 unspecified atom stereocenters. The molecule has 3 heteroatoms. The summed E-state index contributed by atoms with van der Waals surface area (Å²) in [5.41, 5.74) is 3.06. The van der Waals surface area contributed by atoms with Crippen molar-refractivity contribution in [1.29, 1.82) is 0 Å². The van der Waals surface area contributed by atoms with Crippen molar-refractivity contribution >= 4 is 0 Å². The average molecular weight is 204 g/mol. The maximum Gasteiger partial charge on any atom is 0.201 e. The number of fused-ring (bicyclic) bond motifs is 2. The van der Waals surface area contributed by atoms with E-state index in [1.165, 1.54) is 12.8 Å². The molecule has 0 saturated carbocycles. The quantitative estimate of drug-likeness (QED) is 0.582. The lowest BCUT2D eigenvalue weighted by molar-refractivity contribution is -0.767. The highest BCUT2D eigenvalue weighted by molar-refractivity contribution is 5.36. The number of hydrogen-bond donors (Lipinski definition) is 0. The van der Waals surface area contributed by atoms with Crippen LogP contribution in [0.15, 0.2) is 0 Å². The first-order valence-corrected chi connectivity index (χ1v) is 5.98. The van der Waals surface area contributed by atoms with Crippen LogP contribution in [0, 0.1) is 0 Å². The summed E-state index contributed by atoms with van der Waals surface area (Å²) in [6.07, 6.45) is 7.56. The fraction of sp³-hybridized carbons (Fsp3) is 0.667. The van der Waals surface area contributed by atoms with Crippen LogP contribution in [0.1, 0.15) is 42.6 Å². The predicted octanol–water partition coefficient (Wildman–Crippen LogP) is 0.658. The van der Waals surface area contributed by atoms with Gasteiger partial charge in [0.1, 0.15) is 5.69 Å². The first kappa shape index (κ1) is 9.13. The Hall–Kier alpha value is -1.12. The van der Waals surface area contributed by atoms with E-state index in [1.54, 1.807) is 0 Å². The van der Waals surface area contributed by atoms with Gasteiger partial charge in [0.2, 0.25) is 5.69 Å². The van der Waals surface area contributed by atoms with Crippen molar-refractivity contribution in [1.82, 2.24) is 5.10 Å². The van der Waals surface area contributed by atoms with Gasteiger partial charge in [-0.2, -0.15) is 0 Å². The summed E-state index contributed by atoms with van der Waals surface area (Å²) in [5, 5.41) is 16.8. The van der Waals surface area contributed by atoms with Gasteiger partial charge in [-0.25, -0.2) is 0 Å². The summed E-state index contributed by atoms with van der Waals surface area (Å²) in [5.74, 6) is 0.305. The number of rotatable bonds is 0. The number of aryl methyl sites for hydroxylation is 2. The van der Waals surface area contributed by atoms with Gasteiger partial charge in [0.05, 0.1) is 0 Å². The van der Waals surface area contributed by atoms with Crippen molar-refractivity contribution in [3.63, 3.8) is 0 Å². The van der Waals surface area contributed by atoms with E-state index in [-0.39, 0.29) is 0 Å². The first-order chi connectivity index (χ1) is 7.36. The van der Waals surface area contributed by atoms with Crippen LogP contribution in [-0.2, 0) is 25.8 Å². The smallest absolute Gasteiger partial charge is 0.201 e. The summed E-state index contributed by atoms with van der Waals surface area (Å²) in [4.78, 5) is 0. The summed E-state index contributed by atoms with van der Waals surface area (Å²) < 4.78 is 1.97. The van der Waals surface area contributed by atoms with Crippen molar-refractivity contribution in [2.75, 3.05) is 0 Å². The van der Waals surface area contributed by atoms with E-state index in [9.17, 15) is 5.11 Å². The molecular weight excluding hydrogens is 188 g/mol. The molecule has 1 aliphatic carbocycles. The lowest BCUT2D eigenvalue weighted by Gasteiger charge is -2.23. The zero-order chi connectivity index (χ0) is 10.3. The molecule has 0 saturated heterocycles. The third-order valence-electron chi connectivity index (χ3n) is 3.56. The molecule has 0 spiro atoms. The van der Waals surface area contributed by atoms with E-state index in [0.29, 0.717) is 5.75 Å². The molecular formula is C12H16N2O. The fourth-order valence-corrected chi connectivity index (χ4v) is 2.72. The summed E-state index contributed by atoms with van der Waals surface area (Å²) in [6, 6.07) is 0. The molecule has 80 valence electrons. The van der Waals surface area contributed by atoms with E-state index in [4.69, 9.17) is 0 Å². The van der Waals surface area contributed by atoms with E-state index >= 15 is 0 Å². The molecule has 1 aliphatic heterocycles. The molecule has 3 nitrogen and oxygen atoms in total. The Balaban J connectivity index is 2.16. The largest absolute Gasteiger partial charge is 0.868 e. The van der Waals surface area contributed by atoms with Crippen LogP contribution in [-0.4, -0.2) is 5.10 Å². The van der Waals surface area contributed by atoms with E-state index in [1.807, 2.05) is 4.68 Å². The van der Waals surface area contributed by atoms with Crippen molar-refractivity contribution in [2.24, 2.45) is 0 Å². The number of nitrogens with zero attached hydrogens (tertiary/aromatic N) is 2. The van der Waals surface area contributed by atoms with Crippen molar-refractivity contribution in [3.05, 3.63) is 17.0 Å². The molecule has 0 fully saturated rings. The van der Waals surface area contributed by atoms with Crippen LogP contribution >= 0.6 is 0 Å². The van der Waals surface area contributed by atoms with Crippen molar-refractivity contribution < 1.29 is 9.79 Å². The van der Waals surface area contributed by atoms with Crippen LogP contribution in [0.4, 0.5) is 0 Å². The highest BCUT2D eigenvalue weighted by atomic mass is 16.3. The van der Waals surface area contributed by atoms with Gasteiger partial charge in [-0.05, 0) is 48.5 Å². The second-order valence-electron chi connectivity index (χ2n) is 4.59. The summed E-state index contributed by atoms with van der Waals surface area (Å²) >= 11 is 0. The predicted molar refractivity (Wildman–Crippen MR) is 53.5 cm³/mol. The SMILES string of the molecule is [O-]c1c2c(n[n+]3c1CCCC3)CCCC2. The minimum Gasteiger partial charge on any atom is -0.868 e. The van der Waals surface area contributed by atoms with Crippen LogP contribution in [0.2, 0.25) is 0 Å². The highest BCUT2D eigenvalue weighted by Gasteiger charge is 2.24. The van der Waals surface area contributed by atoms with E-state index < -0.39 is 0 Å². The van der Waals surface area contributed by atoms with Gasteiger partial charge in [0.25, 0.3) is 0 Å². The molecule has 0 aromatic carbocycles. The Morgan fingerprint density at radius 2 is 1.80 bits per heavy atom. The lowest BCUT2D eigenvalue weighted by Crippen LogP contribution is -2.47. The minimum absolute atomic E-state index is 0.305. The maximum absolute atomic E-state index is 12.2. The summed E-state index contributed by atoms with van der Waals surface area (Å²) in [7, 11) is 0. The summed E-state index contributed by atoms with van der Waals surface area (Å²) in [6.45, 7) is 0.942. The topological polar surface area (TPSA) is 39.8 Å². The molecule has 2 heterocycles. The Bertz CT molecular complexity index is 367. The second-order valence-corrected chi connectivity index (χ2v) is 4.59. The average Bonchev–Trinajstić information content (AvgIpc) is 2.30. The van der Waals surface area contributed by atoms with Crippen molar-refractivity contribution in [2.45, 2.75) is 51.5 Å². The van der Waals surface area contributed by atoms with Gasteiger partial charge in [0, 0.05) is 12.8 Å². The van der Waals surface area contributed by atoms with Gasteiger partial charge in [0.15, 0.2) is 6.54 Å². The van der Waals surface area contributed by atoms with Gasteiger partial charge >= 0.3 is 0 Å². The van der Waals surface area contributed by atoms with E-state index in [2.05, 4.69) is 5.10 Å². The molecule has 15 heavy (non-hydrogen) atoms. The third-order valence-corrected chi connectivity index (χ3v) is 3.56. The van der Waals surface area contributed by atoms with Gasteiger partial charge in [-0.15, -0.1) is 0 Å². The van der Waals surface area contributed by atoms with Crippen LogP contribution in [0.3, 0.4) is 0 Å². The Labute approximate surface area is 89.8 Å². The third kappa shape index (κ3) is 1.41. The molecule has 0 amide bonds. The molecule has 0 N–H and O–H groups in total. The molecule has 1 aromatic rings. The molecule has 1 aromatic heterocycles. The van der Waals surface area contributed by atoms with Crippen LogP contribution in [0.5, 0.6) is 5.75 Å². The lowest BCUT2D eigenvalue weighted by atomic mass is 9.94. The standard InChI is InChI=1S/C12H16N2O/c15-12-9-5-1-2-6-10(9)13-14-8-4-3-7-11(12)14/h1-8H2. The molecule has 0 atom stereocenters. The monoisotopic (exact) mass is 204 g/mol. The normalized spacial score (nSPS) is 19.5. The van der Waals surface area contributed by atoms with E-state index in [0.717, 1.165) is 55.6 Å². The maximum atomic E-state index is 12.2. The Morgan fingerprint density at radius 1 is 1.00 bits per heavy atom. The Morgan fingerprint density at radius 3 is 2.73 bits per heavy atom. The minimum atomic E-state index is 0.305. The fourth-order valence-electron chi connectivity index (χ4n) is 2.72. The molecule has 0 bridgehead atoms. The zero-order valence-electron chi connectivity index (χ0n) is 8.96. The van der Waals surface area contributed by atoms with Crippen molar-refractivity contribution in [3.8, 4) is 5.75 Å². The first-order valence-electron chi connectivity index (χ1n) is 5.98. The second kappa shape index (κ2) is 3.47. The zero-order valence-corrected chi connectivity index (χ0v) is 8.96. The van der Waals surface area contributed by atoms with Crippen LogP contribution < -0.4 is 9.79 Å². The van der Waals surface area contributed by atoms with Crippen LogP contribution in [0.25, 0.3) is 0 Å². The molecule has 0 radical (unpaired) electrons. The van der Waals surface area contributed by atoms with Gasteiger partial charge < -0.3 is 5.11 Å². The number of aromatic nitrogens is 2. The molecule has 3 rings (SSSR count). The van der Waals surface area contributed by atoms with Gasteiger partial charge in [-0.1, -0.05) is 4.68 Å². The molecule has 2 aliphatic rings.